The van der Waals surface area contributed by atoms with E-state index in [9.17, 15) is 9.90 Å². The largest absolute Gasteiger partial charge is 0.392 e. The van der Waals surface area contributed by atoms with Crippen LogP contribution in [0, 0.1) is 0 Å². The fourth-order valence-electron chi connectivity index (χ4n) is 2.22. The van der Waals surface area contributed by atoms with Gasteiger partial charge in [-0.2, -0.15) is 0 Å². The highest BCUT2D eigenvalue weighted by Crippen LogP contribution is 2.31. The molecule has 0 aliphatic heterocycles. The van der Waals surface area contributed by atoms with Crippen molar-refractivity contribution >= 4 is 29.1 Å². The lowest BCUT2D eigenvalue weighted by Crippen LogP contribution is -2.23. The summed E-state index contributed by atoms with van der Waals surface area (Å²) in [4.78, 5) is 11.6. The van der Waals surface area contributed by atoms with Crippen LogP contribution in [0.2, 0.25) is 10.0 Å². The Morgan fingerprint density at radius 2 is 2.09 bits per heavy atom. The number of rotatable bonds is 6. The van der Waals surface area contributed by atoms with E-state index in [1.165, 1.54) is 0 Å². The number of hydrogen-bond donors (Lipinski definition) is 2. The molecule has 0 fully saturated rings. The maximum Gasteiger partial charge on any atom is 0.220 e. The molecule has 2 rings (SSSR count). The molecule has 0 bridgehead atoms. The fourth-order valence-corrected chi connectivity index (χ4v) is 2.80. The van der Waals surface area contributed by atoms with E-state index in [0.29, 0.717) is 28.6 Å². The number of carbonyl (C=O) groups excluding carboxylic acids is 1. The highest BCUT2D eigenvalue weighted by molar-refractivity contribution is 6.37. The summed E-state index contributed by atoms with van der Waals surface area (Å²) >= 11 is 12.4. The Balaban J connectivity index is 2.28. The Kier molecular flexibility index (Phi) is 5.89. The van der Waals surface area contributed by atoms with E-state index >= 15 is 0 Å². The first-order chi connectivity index (χ1) is 10.6. The van der Waals surface area contributed by atoms with Crippen molar-refractivity contribution in [3.8, 4) is 5.69 Å². The number of halogens is 2. The lowest BCUT2D eigenvalue weighted by molar-refractivity contribution is -0.121. The second-order valence-electron chi connectivity index (χ2n) is 4.91. The third kappa shape index (κ3) is 3.64. The van der Waals surface area contributed by atoms with Crippen LogP contribution in [0.1, 0.15) is 31.0 Å². The molecule has 1 heterocycles. The molecule has 118 valence electrons. The van der Waals surface area contributed by atoms with Crippen LogP contribution in [0.25, 0.3) is 5.69 Å². The van der Waals surface area contributed by atoms with E-state index in [2.05, 4.69) is 5.32 Å². The number of amides is 1. The van der Waals surface area contributed by atoms with Crippen molar-refractivity contribution in [2.75, 3.05) is 0 Å². The van der Waals surface area contributed by atoms with Gasteiger partial charge in [-0.05, 0) is 30.7 Å². The average molecular weight is 341 g/mol. The molecule has 2 N–H and O–H groups in total. The molecule has 0 radical (unpaired) electrons. The molecule has 0 unspecified atom stereocenters. The number of benzene rings is 1. The lowest BCUT2D eigenvalue weighted by Gasteiger charge is -2.14. The SMILES string of the molecule is CCCC(=O)NCc1cccn1-c1ccc(Cl)c(CO)c1Cl. The van der Waals surface area contributed by atoms with Gasteiger partial charge in [-0.3, -0.25) is 4.79 Å². The normalized spacial score (nSPS) is 10.7. The van der Waals surface area contributed by atoms with Crippen molar-refractivity contribution in [1.29, 1.82) is 0 Å². The Morgan fingerprint density at radius 3 is 2.77 bits per heavy atom. The number of aliphatic hydroxyl groups excluding tert-OH is 1. The van der Waals surface area contributed by atoms with Crippen LogP contribution in [0.15, 0.2) is 30.5 Å². The number of aliphatic hydroxyl groups is 1. The van der Waals surface area contributed by atoms with Crippen molar-refractivity contribution < 1.29 is 9.90 Å². The van der Waals surface area contributed by atoms with Gasteiger partial charge in [-0.15, -0.1) is 0 Å². The van der Waals surface area contributed by atoms with Crippen molar-refractivity contribution in [2.24, 2.45) is 0 Å². The molecule has 1 aromatic heterocycles. The molecule has 22 heavy (non-hydrogen) atoms. The van der Waals surface area contributed by atoms with Crippen molar-refractivity contribution in [1.82, 2.24) is 9.88 Å². The summed E-state index contributed by atoms with van der Waals surface area (Å²) in [5.41, 5.74) is 2.12. The molecule has 0 atom stereocenters. The van der Waals surface area contributed by atoms with Crippen LogP contribution in [0.5, 0.6) is 0 Å². The van der Waals surface area contributed by atoms with E-state index in [1.54, 1.807) is 12.1 Å². The molecule has 0 saturated carbocycles. The van der Waals surface area contributed by atoms with Gasteiger partial charge in [0.05, 0.1) is 23.9 Å². The van der Waals surface area contributed by atoms with Gasteiger partial charge >= 0.3 is 0 Å². The number of hydrogen-bond acceptors (Lipinski definition) is 2. The molecule has 0 aliphatic rings. The molecule has 0 spiro atoms. The average Bonchev–Trinajstić information content (AvgIpc) is 2.94. The topological polar surface area (TPSA) is 54.3 Å². The molecular weight excluding hydrogens is 323 g/mol. The number of nitrogens with one attached hydrogen (secondary N) is 1. The number of carbonyl (C=O) groups is 1. The molecular formula is C16H18Cl2N2O2. The predicted octanol–water partition coefficient (Wildman–Crippen LogP) is 3.69. The summed E-state index contributed by atoms with van der Waals surface area (Å²) in [6.45, 7) is 2.15. The lowest BCUT2D eigenvalue weighted by atomic mass is 10.2. The molecule has 4 nitrogen and oxygen atoms in total. The maximum atomic E-state index is 11.6. The Morgan fingerprint density at radius 1 is 1.32 bits per heavy atom. The van der Waals surface area contributed by atoms with Gasteiger partial charge in [0, 0.05) is 28.9 Å². The van der Waals surface area contributed by atoms with Crippen LogP contribution in [0.3, 0.4) is 0 Å². The van der Waals surface area contributed by atoms with Crippen LogP contribution >= 0.6 is 23.2 Å². The first-order valence-corrected chi connectivity index (χ1v) is 7.85. The first kappa shape index (κ1) is 16.9. The van der Waals surface area contributed by atoms with E-state index in [4.69, 9.17) is 23.2 Å². The molecule has 0 saturated heterocycles. The van der Waals surface area contributed by atoms with Gasteiger partial charge in [0.2, 0.25) is 5.91 Å². The Bertz CT molecular complexity index is 668. The fraction of sp³-hybridized carbons (Fsp3) is 0.312. The minimum absolute atomic E-state index is 0.0218. The first-order valence-electron chi connectivity index (χ1n) is 7.09. The third-order valence-electron chi connectivity index (χ3n) is 3.36. The maximum absolute atomic E-state index is 11.6. The second kappa shape index (κ2) is 7.68. The zero-order valence-corrected chi connectivity index (χ0v) is 13.8. The third-order valence-corrected chi connectivity index (χ3v) is 4.14. The van der Waals surface area contributed by atoms with Gasteiger partial charge in [0.25, 0.3) is 0 Å². The van der Waals surface area contributed by atoms with Crippen molar-refractivity contribution in [3.05, 3.63) is 51.8 Å². The zero-order valence-electron chi connectivity index (χ0n) is 12.3. The molecule has 1 aromatic carbocycles. The van der Waals surface area contributed by atoms with Gasteiger partial charge in [0.15, 0.2) is 0 Å². The van der Waals surface area contributed by atoms with Crippen LogP contribution in [-0.2, 0) is 17.9 Å². The van der Waals surface area contributed by atoms with E-state index in [-0.39, 0.29) is 12.5 Å². The summed E-state index contributed by atoms with van der Waals surface area (Å²) in [5, 5.41) is 13.1. The molecule has 6 heteroatoms. The Labute approximate surface area is 139 Å². The smallest absolute Gasteiger partial charge is 0.220 e. The summed E-state index contributed by atoms with van der Waals surface area (Å²) in [6, 6.07) is 7.29. The van der Waals surface area contributed by atoms with Crippen LogP contribution < -0.4 is 5.32 Å². The standard InChI is InChI=1S/C16H18Cl2N2O2/c1-2-4-15(22)19-9-11-5-3-8-20(11)14-7-6-13(17)12(10-21)16(14)18/h3,5-8,21H,2,4,9-10H2,1H3,(H,19,22). The van der Waals surface area contributed by atoms with Gasteiger partial charge < -0.3 is 15.0 Å². The van der Waals surface area contributed by atoms with E-state index in [1.807, 2.05) is 29.8 Å². The van der Waals surface area contributed by atoms with Gasteiger partial charge in [-0.1, -0.05) is 30.1 Å². The molecule has 0 aliphatic carbocycles. The number of aromatic nitrogens is 1. The van der Waals surface area contributed by atoms with Gasteiger partial charge in [0.1, 0.15) is 0 Å². The minimum Gasteiger partial charge on any atom is -0.392 e. The van der Waals surface area contributed by atoms with E-state index < -0.39 is 0 Å². The Hall–Kier alpha value is -1.49. The second-order valence-corrected chi connectivity index (χ2v) is 5.70. The summed E-state index contributed by atoms with van der Waals surface area (Å²) in [6.07, 6.45) is 3.18. The summed E-state index contributed by atoms with van der Waals surface area (Å²) in [5.74, 6) is 0.0218. The van der Waals surface area contributed by atoms with E-state index in [0.717, 1.165) is 17.8 Å². The zero-order chi connectivity index (χ0) is 16.1. The van der Waals surface area contributed by atoms with Crippen molar-refractivity contribution in [3.63, 3.8) is 0 Å². The molecule has 2 aromatic rings. The highest BCUT2D eigenvalue weighted by Gasteiger charge is 2.13. The summed E-state index contributed by atoms with van der Waals surface area (Å²) < 4.78 is 1.88. The number of nitrogens with zero attached hydrogens (tertiary/aromatic N) is 1. The van der Waals surface area contributed by atoms with Crippen LogP contribution in [0.4, 0.5) is 0 Å². The van der Waals surface area contributed by atoms with Crippen molar-refractivity contribution in [2.45, 2.75) is 32.9 Å². The predicted molar refractivity (Wildman–Crippen MR) is 88.5 cm³/mol. The summed E-state index contributed by atoms with van der Waals surface area (Å²) in [7, 11) is 0. The molecule has 1 amide bonds. The highest BCUT2D eigenvalue weighted by atomic mass is 35.5. The minimum atomic E-state index is -0.227. The van der Waals surface area contributed by atoms with Gasteiger partial charge in [-0.25, -0.2) is 0 Å². The monoisotopic (exact) mass is 340 g/mol. The van der Waals surface area contributed by atoms with Crippen LogP contribution in [-0.4, -0.2) is 15.6 Å². The quantitative estimate of drug-likeness (QED) is 0.842.